The van der Waals surface area contributed by atoms with Crippen LogP contribution in [0.3, 0.4) is 0 Å². The van der Waals surface area contributed by atoms with Gasteiger partial charge in [-0.15, -0.1) is 0 Å². The molecule has 2 aromatic carbocycles. The molecule has 0 aromatic heterocycles. The van der Waals surface area contributed by atoms with E-state index in [0.29, 0.717) is 17.0 Å². The van der Waals surface area contributed by atoms with E-state index >= 15 is 0 Å². The lowest BCUT2D eigenvalue weighted by atomic mass is 9.76. The lowest BCUT2D eigenvalue weighted by Crippen LogP contribution is -2.58. The maximum absolute atomic E-state index is 11.5. The molecular formula is C20H19N3O6. The summed E-state index contributed by atoms with van der Waals surface area (Å²) in [7, 11) is 3.26. The maximum Gasteiger partial charge on any atom is 0.280 e. The Kier molecular flexibility index (Phi) is 3.83. The van der Waals surface area contributed by atoms with E-state index in [0.717, 1.165) is 5.56 Å². The van der Waals surface area contributed by atoms with Gasteiger partial charge >= 0.3 is 0 Å². The number of nitrogens with zero attached hydrogens (tertiary/aromatic N) is 3. The first kappa shape index (κ1) is 18.7. The molecule has 0 saturated heterocycles. The largest absolute Gasteiger partial charge is 0.493 e. The number of rotatable bonds is 3. The lowest BCUT2D eigenvalue weighted by Gasteiger charge is -2.45. The van der Waals surface area contributed by atoms with Crippen molar-refractivity contribution in [3.63, 3.8) is 0 Å². The maximum atomic E-state index is 11.5. The van der Waals surface area contributed by atoms with Gasteiger partial charge in [0.15, 0.2) is 11.5 Å². The molecule has 29 heavy (non-hydrogen) atoms. The van der Waals surface area contributed by atoms with Crippen LogP contribution in [-0.4, -0.2) is 29.7 Å². The fourth-order valence-electron chi connectivity index (χ4n) is 4.29. The summed E-state index contributed by atoms with van der Waals surface area (Å²) in [4.78, 5) is 23.6. The van der Waals surface area contributed by atoms with Crippen LogP contribution in [0.15, 0.2) is 36.4 Å². The van der Waals surface area contributed by atoms with Gasteiger partial charge < -0.3 is 14.4 Å². The number of nitro groups is 2. The zero-order valence-corrected chi connectivity index (χ0v) is 16.3. The van der Waals surface area contributed by atoms with Crippen LogP contribution >= 0.6 is 0 Å². The minimum Gasteiger partial charge on any atom is -0.493 e. The quantitative estimate of drug-likeness (QED) is 0.568. The molecule has 1 spiro atoms. The first-order valence-corrected chi connectivity index (χ1v) is 8.90. The molecule has 2 aliphatic rings. The zero-order valence-electron chi connectivity index (χ0n) is 16.3. The second-order valence-corrected chi connectivity index (χ2v) is 7.56. The van der Waals surface area contributed by atoms with Crippen LogP contribution in [0.1, 0.15) is 25.0 Å². The number of nitro benzene ring substituents is 2. The highest BCUT2D eigenvalue weighted by Gasteiger charge is 2.58. The first-order valence-electron chi connectivity index (χ1n) is 8.90. The molecule has 2 aromatic rings. The summed E-state index contributed by atoms with van der Waals surface area (Å²) in [6.07, 6.45) is 3.44. The summed E-state index contributed by atoms with van der Waals surface area (Å²) < 4.78 is 11.8. The molecule has 9 heteroatoms. The number of fused-ring (bicyclic) bond motifs is 2. The van der Waals surface area contributed by atoms with E-state index in [1.807, 2.05) is 18.7 Å². The lowest BCUT2D eigenvalue weighted by molar-refractivity contribution is -0.385. The molecule has 0 radical (unpaired) electrons. The Morgan fingerprint density at radius 3 is 2.45 bits per heavy atom. The number of non-ortho nitro benzene ring substituents is 1. The Balaban J connectivity index is 1.91. The molecule has 9 nitrogen and oxygen atoms in total. The molecule has 0 fully saturated rings. The van der Waals surface area contributed by atoms with Gasteiger partial charge in [-0.1, -0.05) is 0 Å². The van der Waals surface area contributed by atoms with Crippen molar-refractivity contribution in [2.45, 2.75) is 25.0 Å². The van der Waals surface area contributed by atoms with Crippen molar-refractivity contribution in [2.75, 3.05) is 19.1 Å². The molecule has 1 atom stereocenters. The van der Waals surface area contributed by atoms with E-state index in [9.17, 15) is 20.2 Å². The number of anilines is 1. The summed E-state index contributed by atoms with van der Waals surface area (Å²) in [6, 6.07) is 7.60. The van der Waals surface area contributed by atoms with Crippen molar-refractivity contribution >= 4 is 23.1 Å². The molecule has 1 unspecified atom stereocenters. The molecule has 0 amide bonds. The van der Waals surface area contributed by atoms with Crippen LogP contribution in [0.25, 0.3) is 6.08 Å². The highest BCUT2D eigenvalue weighted by atomic mass is 16.6. The minimum absolute atomic E-state index is 0.0168. The van der Waals surface area contributed by atoms with Gasteiger partial charge in [-0.2, -0.15) is 0 Å². The summed E-state index contributed by atoms with van der Waals surface area (Å²) >= 11 is 0. The third kappa shape index (κ3) is 2.33. The van der Waals surface area contributed by atoms with Crippen LogP contribution < -0.4 is 14.4 Å². The molecule has 4 rings (SSSR count). The number of hydrogen-bond acceptors (Lipinski definition) is 7. The molecular weight excluding hydrogens is 378 g/mol. The van der Waals surface area contributed by atoms with E-state index in [2.05, 4.69) is 0 Å². The smallest absolute Gasteiger partial charge is 0.280 e. The SMILES string of the molecule is COc1ccc([N+](=O)[O-])c2c1OC1(C=C2)N(C)c2cc([N+](=O)[O-])ccc2C1(C)C. The van der Waals surface area contributed by atoms with E-state index < -0.39 is 21.0 Å². The van der Waals surface area contributed by atoms with E-state index in [-0.39, 0.29) is 17.1 Å². The average molecular weight is 397 g/mol. The van der Waals surface area contributed by atoms with Crippen LogP contribution in [0.4, 0.5) is 17.1 Å². The van der Waals surface area contributed by atoms with Gasteiger partial charge in [-0.25, -0.2) is 0 Å². The van der Waals surface area contributed by atoms with E-state index in [4.69, 9.17) is 9.47 Å². The standard InChI is InChI=1S/C20H19N3O6/c1-19(2)14-6-5-12(22(24)25)11-16(14)21(3)20(19)10-9-13-15(23(26)27)7-8-17(28-4)18(13)29-20/h5-11H,1-4H3. The fraction of sp³-hybridized carbons (Fsp3) is 0.300. The number of benzene rings is 2. The van der Waals surface area contributed by atoms with Gasteiger partial charge in [0.25, 0.3) is 11.4 Å². The van der Waals surface area contributed by atoms with Crippen LogP contribution in [0, 0.1) is 20.2 Å². The first-order chi connectivity index (χ1) is 13.6. The Labute approximate surface area is 166 Å². The average Bonchev–Trinajstić information content (AvgIpc) is 2.85. The van der Waals surface area contributed by atoms with Gasteiger partial charge in [0.1, 0.15) is 0 Å². The van der Waals surface area contributed by atoms with Crippen LogP contribution in [-0.2, 0) is 5.41 Å². The zero-order chi connectivity index (χ0) is 21.1. The molecule has 0 saturated carbocycles. The molecule has 0 bridgehead atoms. The Morgan fingerprint density at radius 2 is 1.83 bits per heavy atom. The third-order valence-corrected chi connectivity index (χ3v) is 5.91. The molecule has 0 N–H and O–H groups in total. The number of methoxy groups -OCH3 is 1. The monoisotopic (exact) mass is 397 g/mol. The Hall–Kier alpha value is -3.62. The number of likely N-dealkylation sites (N-methyl/N-ethyl adjacent to an activating group) is 1. The van der Waals surface area contributed by atoms with Gasteiger partial charge in [0.05, 0.1) is 33.6 Å². The van der Waals surface area contributed by atoms with E-state index in [1.54, 1.807) is 25.3 Å². The van der Waals surface area contributed by atoms with Gasteiger partial charge in [0, 0.05) is 25.2 Å². The van der Waals surface area contributed by atoms with Crippen LogP contribution in [0.2, 0.25) is 0 Å². The van der Waals surface area contributed by atoms with Gasteiger partial charge in [-0.3, -0.25) is 20.2 Å². The minimum atomic E-state index is -1.04. The number of ether oxygens (including phenoxy) is 2. The van der Waals surface area contributed by atoms with Crippen molar-refractivity contribution < 1.29 is 19.3 Å². The summed E-state index contributed by atoms with van der Waals surface area (Å²) in [6.45, 7) is 3.95. The highest BCUT2D eigenvalue weighted by Crippen LogP contribution is 2.56. The third-order valence-electron chi connectivity index (χ3n) is 5.91. The highest BCUT2D eigenvalue weighted by molar-refractivity contribution is 5.78. The summed E-state index contributed by atoms with van der Waals surface area (Å²) in [5.41, 5.74) is 0.113. The van der Waals surface area contributed by atoms with Gasteiger partial charge in [-0.05, 0) is 43.7 Å². The molecule has 150 valence electrons. The number of hydrogen-bond donors (Lipinski definition) is 0. The van der Waals surface area contributed by atoms with Crippen LogP contribution in [0.5, 0.6) is 11.5 Å². The summed E-state index contributed by atoms with van der Waals surface area (Å²) in [5, 5.41) is 22.7. The topological polar surface area (TPSA) is 108 Å². The Morgan fingerprint density at radius 1 is 1.10 bits per heavy atom. The second kappa shape index (κ2) is 5.94. The van der Waals surface area contributed by atoms with Crippen molar-refractivity contribution in [2.24, 2.45) is 0 Å². The molecule has 0 aliphatic carbocycles. The molecule has 2 heterocycles. The van der Waals surface area contributed by atoms with Crippen molar-refractivity contribution in [1.29, 1.82) is 0 Å². The summed E-state index contributed by atoms with van der Waals surface area (Å²) in [5.74, 6) is 0.645. The second-order valence-electron chi connectivity index (χ2n) is 7.56. The normalized spacial score (nSPS) is 20.8. The van der Waals surface area contributed by atoms with E-state index in [1.165, 1.54) is 31.4 Å². The molecule has 2 aliphatic heterocycles. The predicted molar refractivity (Wildman–Crippen MR) is 107 cm³/mol. The van der Waals surface area contributed by atoms with Gasteiger partial charge in [0.2, 0.25) is 5.72 Å². The predicted octanol–water partition coefficient (Wildman–Crippen LogP) is 4.04. The Bertz CT molecular complexity index is 1090. The fourth-order valence-corrected chi connectivity index (χ4v) is 4.29. The van der Waals surface area contributed by atoms with Crippen molar-refractivity contribution in [3.05, 3.63) is 67.8 Å². The van der Waals surface area contributed by atoms with Crippen molar-refractivity contribution in [3.8, 4) is 11.5 Å². The van der Waals surface area contributed by atoms with Crippen molar-refractivity contribution in [1.82, 2.24) is 0 Å².